The van der Waals surface area contributed by atoms with Crippen molar-refractivity contribution in [3.05, 3.63) is 124 Å². The lowest BCUT2D eigenvalue weighted by molar-refractivity contribution is -0.137. The zero-order valence-electron chi connectivity index (χ0n) is 19.4. The van der Waals surface area contributed by atoms with Gasteiger partial charge in [0.15, 0.2) is 0 Å². The van der Waals surface area contributed by atoms with Gasteiger partial charge in [0.2, 0.25) is 5.91 Å². The summed E-state index contributed by atoms with van der Waals surface area (Å²) in [5.74, 6) is -0.867. The molecule has 4 aromatic rings. The SMILES string of the molecule is O=C(Nc1ccc(SC(C(=O)Nc2cc(C(F)(F)F)ccc2Cl)c2ccccc2)cc1)c1cccc(Cl)c1. The van der Waals surface area contributed by atoms with Crippen LogP contribution in [-0.4, -0.2) is 11.8 Å². The molecular formula is C28H19Cl2F3N2O2S. The molecule has 0 aliphatic heterocycles. The van der Waals surface area contributed by atoms with Gasteiger partial charge in [0.05, 0.1) is 16.3 Å². The Bertz CT molecular complexity index is 1450. The van der Waals surface area contributed by atoms with Crippen LogP contribution in [0.2, 0.25) is 10.0 Å². The van der Waals surface area contributed by atoms with E-state index in [2.05, 4.69) is 10.6 Å². The lowest BCUT2D eigenvalue weighted by Crippen LogP contribution is -2.19. The lowest BCUT2D eigenvalue weighted by Gasteiger charge is -2.18. The Morgan fingerprint density at radius 2 is 1.50 bits per heavy atom. The molecule has 0 aliphatic rings. The first-order valence-electron chi connectivity index (χ1n) is 11.2. The first kappa shape index (κ1) is 27.6. The van der Waals surface area contributed by atoms with E-state index in [4.69, 9.17) is 23.2 Å². The van der Waals surface area contributed by atoms with Gasteiger partial charge in [-0.3, -0.25) is 9.59 Å². The molecule has 0 aliphatic carbocycles. The Kier molecular flexibility index (Phi) is 8.66. The predicted molar refractivity (Wildman–Crippen MR) is 146 cm³/mol. The molecule has 0 saturated carbocycles. The van der Waals surface area contributed by atoms with Crippen LogP contribution in [0.15, 0.2) is 102 Å². The first-order chi connectivity index (χ1) is 18.1. The van der Waals surface area contributed by atoms with Gasteiger partial charge in [0, 0.05) is 21.2 Å². The fourth-order valence-electron chi connectivity index (χ4n) is 3.48. The second kappa shape index (κ2) is 11.9. The zero-order chi connectivity index (χ0) is 27.3. The molecule has 10 heteroatoms. The molecule has 2 amide bonds. The highest BCUT2D eigenvalue weighted by Crippen LogP contribution is 2.38. The number of benzene rings is 4. The number of thioether (sulfide) groups is 1. The molecule has 1 unspecified atom stereocenters. The highest BCUT2D eigenvalue weighted by molar-refractivity contribution is 8.00. The second-order valence-corrected chi connectivity index (χ2v) is 10.1. The van der Waals surface area contributed by atoms with E-state index in [1.807, 2.05) is 0 Å². The highest BCUT2D eigenvalue weighted by Gasteiger charge is 2.31. The van der Waals surface area contributed by atoms with Gasteiger partial charge in [-0.05, 0) is 66.2 Å². The number of nitrogens with one attached hydrogen (secondary N) is 2. The molecule has 4 rings (SSSR count). The number of carbonyl (C=O) groups is 2. The van der Waals surface area contributed by atoms with Crippen LogP contribution in [0.5, 0.6) is 0 Å². The summed E-state index contributed by atoms with van der Waals surface area (Å²) in [4.78, 5) is 26.5. The van der Waals surface area contributed by atoms with Gasteiger partial charge in [0.1, 0.15) is 5.25 Å². The summed E-state index contributed by atoms with van der Waals surface area (Å²) in [6, 6.07) is 25.0. The Hall–Kier alpha value is -3.46. The van der Waals surface area contributed by atoms with Gasteiger partial charge in [-0.1, -0.05) is 59.6 Å². The van der Waals surface area contributed by atoms with Crippen molar-refractivity contribution < 1.29 is 22.8 Å². The minimum Gasteiger partial charge on any atom is -0.323 e. The van der Waals surface area contributed by atoms with Crippen molar-refractivity contribution in [2.75, 3.05) is 10.6 Å². The van der Waals surface area contributed by atoms with Crippen LogP contribution in [0.1, 0.15) is 26.7 Å². The van der Waals surface area contributed by atoms with E-state index in [1.165, 1.54) is 11.8 Å². The molecule has 0 heterocycles. The largest absolute Gasteiger partial charge is 0.416 e. The van der Waals surface area contributed by atoms with Gasteiger partial charge in [-0.15, -0.1) is 11.8 Å². The molecule has 0 radical (unpaired) electrons. The molecular weight excluding hydrogens is 556 g/mol. The molecule has 0 aromatic heterocycles. The normalized spacial score (nSPS) is 12.0. The predicted octanol–water partition coefficient (Wildman–Crippen LogP) is 8.74. The monoisotopic (exact) mass is 574 g/mol. The average Bonchev–Trinajstić information content (AvgIpc) is 2.89. The topological polar surface area (TPSA) is 58.2 Å². The van der Waals surface area contributed by atoms with E-state index in [-0.39, 0.29) is 16.6 Å². The molecule has 0 bridgehead atoms. The molecule has 38 heavy (non-hydrogen) atoms. The van der Waals surface area contributed by atoms with Crippen LogP contribution in [-0.2, 0) is 11.0 Å². The number of rotatable bonds is 7. The van der Waals surface area contributed by atoms with E-state index in [0.29, 0.717) is 26.7 Å². The van der Waals surface area contributed by atoms with Crippen LogP contribution in [0.4, 0.5) is 24.5 Å². The Balaban J connectivity index is 1.52. The van der Waals surface area contributed by atoms with Crippen molar-refractivity contribution in [3.8, 4) is 0 Å². The molecule has 0 spiro atoms. The van der Waals surface area contributed by atoms with Gasteiger partial charge < -0.3 is 10.6 Å². The molecule has 4 nitrogen and oxygen atoms in total. The second-order valence-electron chi connectivity index (χ2n) is 8.08. The number of amides is 2. The van der Waals surface area contributed by atoms with Crippen molar-refractivity contribution in [2.45, 2.75) is 16.3 Å². The summed E-state index contributed by atoms with van der Waals surface area (Å²) in [5.41, 5.74) is 0.542. The maximum Gasteiger partial charge on any atom is 0.416 e. The van der Waals surface area contributed by atoms with E-state index < -0.39 is 22.9 Å². The van der Waals surface area contributed by atoms with Gasteiger partial charge >= 0.3 is 6.18 Å². The van der Waals surface area contributed by atoms with Crippen molar-refractivity contribution in [1.29, 1.82) is 0 Å². The van der Waals surface area contributed by atoms with Crippen LogP contribution >= 0.6 is 35.0 Å². The Morgan fingerprint density at radius 1 is 0.789 bits per heavy atom. The average molecular weight is 575 g/mol. The third-order valence-corrected chi connectivity index (χ3v) is 7.18. The Labute approximate surface area is 231 Å². The molecule has 2 N–H and O–H groups in total. The quantitative estimate of drug-likeness (QED) is 0.217. The first-order valence-corrected chi connectivity index (χ1v) is 12.8. The van der Waals surface area contributed by atoms with E-state index in [1.54, 1.807) is 78.9 Å². The minimum atomic E-state index is -4.58. The van der Waals surface area contributed by atoms with Crippen LogP contribution in [0, 0.1) is 0 Å². The fourth-order valence-corrected chi connectivity index (χ4v) is 4.86. The van der Waals surface area contributed by atoms with Gasteiger partial charge in [-0.25, -0.2) is 0 Å². The molecule has 0 saturated heterocycles. The van der Waals surface area contributed by atoms with E-state index >= 15 is 0 Å². The van der Waals surface area contributed by atoms with Crippen LogP contribution in [0.3, 0.4) is 0 Å². The maximum absolute atomic E-state index is 13.3. The molecule has 0 fully saturated rings. The van der Waals surface area contributed by atoms with Crippen molar-refractivity contribution >= 4 is 58.2 Å². The number of alkyl halides is 3. The van der Waals surface area contributed by atoms with Gasteiger partial charge in [-0.2, -0.15) is 13.2 Å². The zero-order valence-corrected chi connectivity index (χ0v) is 21.8. The molecule has 1 atom stereocenters. The fraction of sp³-hybridized carbons (Fsp3) is 0.0714. The third kappa shape index (κ3) is 7.10. The number of halogens is 5. The van der Waals surface area contributed by atoms with Crippen molar-refractivity contribution in [3.63, 3.8) is 0 Å². The van der Waals surface area contributed by atoms with Crippen molar-refractivity contribution in [2.24, 2.45) is 0 Å². The number of hydrogen-bond donors (Lipinski definition) is 2. The summed E-state index contributed by atoms with van der Waals surface area (Å²) in [5, 5.41) is 4.96. The minimum absolute atomic E-state index is 0.0111. The van der Waals surface area contributed by atoms with E-state index in [9.17, 15) is 22.8 Å². The number of carbonyl (C=O) groups excluding carboxylic acids is 2. The summed E-state index contributed by atoms with van der Waals surface area (Å²) in [6.07, 6.45) is -4.58. The van der Waals surface area contributed by atoms with Crippen LogP contribution in [0.25, 0.3) is 0 Å². The maximum atomic E-state index is 13.3. The van der Waals surface area contributed by atoms with Crippen molar-refractivity contribution in [1.82, 2.24) is 0 Å². The summed E-state index contributed by atoms with van der Waals surface area (Å²) >= 11 is 13.2. The van der Waals surface area contributed by atoms with Gasteiger partial charge in [0.25, 0.3) is 5.91 Å². The number of hydrogen-bond acceptors (Lipinski definition) is 3. The molecule has 4 aromatic carbocycles. The summed E-state index contributed by atoms with van der Waals surface area (Å²) in [7, 11) is 0. The highest BCUT2D eigenvalue weighted by atomic mass is 35.5. The summed E-state index contributed by atoms with van der Waals surface area (Å²) < 4.78 is 39.5. The van der Waals surface area contributed by atoms with E-state index in [0.717, 1.165) is 18.2 Å². The summed E-state index contributed by atoms with van der Waals surface area (Å²) in [6.45, 7) is 0. The third-order valence-electron chi connectivity index (χ3n) is 5.34. The number of anilines is 2. The smallest absolute Gasteiger partial charge is 0.323 e. The van der Waals surface area contributed by atoms with Crippen LogP contribution < -0.4 is 10.6 Å². The lowest BCUT2D eigenvalue weighted by atomic mass is 10.1. The molecule has 194 valence electrons. The Morgan fingerprint density at radius 3 is 2.16 bits per heavy atom. The standard InChI is InChI=1S/C28H19Cl2F3N2O2S/c29-20-8-4-7-18(15-20)26(36)34-21-10-12-22(13-11-21)38-25(17-5-2-1-3-6-17)27(37)35-24-16-19(28(31,32)33)9-14-23(24)30/h1-16,25H,(H,34,36)(H,35,37).